The number of hydrogen-bond acceptors (Lipinski definition) is 8. The van der Waals surface area contributed by atoms with Crippen molar-refractivity contribution in [3.63, 3.8) is 0 Å². The Labute approximate surface area is 150 Å². The number of carbonyl (C=O) groups excluding carboxylic acids is 2. The highest BCUT2D eigenvalue weighted by Crippen LogP contribution is 2.48. The van der Waals surface area contributed by atoms with Crippen molar-refractivity contribution in [1.82, 2.24) is 0 Å². The van der Waals surface area contributed by atoms with Crippen molar-refractivity contribution in [2.75, 3.05) is 13.2 Å². The van der Waals surface area contributed by atoms with Gasteiger partial charge in [-0.2, -0.15) is 0 Å². The van der Waals surface area contributed by atoms with Crippen LogP contribution in [0, 0.1) is 0 Å². The fraction of sp³-hybridized carbons (Fsp3) is 0.125. The maximum atomic E-state index is 11.9. The molecule has 0 N–H and O–H groups in total. The summed E-state index contributed by atoms with van der Waals surface area (Å²) in [6.45, 7) is 0.144. The van der Waals surface area contributed by atoms with Gasteiger partial charge in [-0.15, -0.1) is 0 Å². The summed E-state index contributed by atoms with van der Waals surface area (Å²) < 4.78 is 31.9. The van der Waals surface area contributed by atoms with Crippen LogP contribution in [0.15, 0.2) is 48.5 Å². The molecule has 0 amide bonds. The molecule has 2 aliphatic rings. The van der Waals surface area contributed by atoms with Crippen LogP contribution in [0.1, 0.15) is 20.7 Å². The molecule has 134 valence electrons. The lowest BCUT2D eigenvalue weighted by atomic mass is 10.2. The zero-order chi connectivity index (χ0) is 17.9. The molecule has 0 saturated heterocycles. The van der Waals surface area contributed by atoms with Crippen LogP contribution in [0.25, 0.3) is 0 Å². The molecule has 0 bridgehead atoms. The summed E-state index contributed by atoms with van der Waals surface area (Å²) in [5.74, 6) is -0.156. The third-order valence-electron chi connectivity index (χ3n) is 3.35. The number of rotatable bonds is 5. The molecule has 0 radical (unpaired) electrons. The maximum absolute atomic E-state index is 11.9. The van der Waals surface area contributed by atoms with Gasteiger partial charge >= 0.3 is 29.1 Å². The molecule has 0 saturated carbocycles. The van der Waals surface area contributed by atoms with Crippen LogP contribution in [0.2, 0.25) is 0 Å². The number of carbonyl (C=O) groups is 2. The van der Waals surface area contributed by atoms with Gasteiger partial charge in [-0.3, -0.25) is 9.05 Å². The molecule has 8 nitrogen and oxygen atoms in total. The largest absolute Gasteiger partial charge is 0.465 e. The minimum Gasteiger partial charge on any atom is -0.417 e. The lowest BCUT2D eigenvalue weighted by Crippen LogP contribution is -2.16. The number of para-hydroxylation sites is 2. The van der Waals surface area contributed by atoms with E-state index in [2.05, 4.69) is 0 Å². The molecule has 0 fully saturated rings. The summed E-state index contributed by atoms with van der Waals surface area (Å²) in [6.07, 6.45) is 0. The molecule has 2 atom stereocenters. The Kier molecular flexibility index (Phi) is 5.00. The Bertz CT molecular complexity index is 773. The first kappa shape index (κ1) is 17.2. The summed E-state index contributed by atoms with van der Waals surface area (Å²) in [5, 5.41) is 0. The first-order valence-electron chi connectivity index (χ1n) is 7.55. The van der Waals surface area contributed by atoms with Crippen LogP contribution in [-0.2, 0) is 18.1 Å². The van der Waals surface area contributed by atoms with Gasteiger partial charge in [-0.25, -0.2) is 9.59 Å². The van der Waals surface area contributed by atoms with Crippen molar-refractivity contribution in [1.29, 1.82) is 0 Å². The molecular formula is C16H12O8P2. The maximum Gasteiger partial charge on any atom is 0.465 e. The molecule has 4 rings (SSSR count). The van der Waals surface area contributed by atoms with E-state index in [0.717, 1.165) is 0 Å². The molecule has 2 heterocycles. The van der Waals surface area contributed by atoms with E-state index in [1.807, 2.05) is 0 Å². The van der Waals surface area contributed by atoms with Crippen molar-refractivity contribution >= 4 is 29.1 Å². The zero-order valence-electron chi connectivity index (χ0n) is 13.2. The van der Waals surface area contributed by atoms with Crippen LogP contribution in [0.5, 0.6) is 11.5 Å². The van der Waals surface area contributed by atoms with Gasteiger partial charge in [0.15, 0.2) is 0 Å². The highest BCUT2D eigenvalue weighted by molar-refractivity contribution is 7.43. The SMILES string of the molecule is O=C1OP(OCCOP2OC(=O)c3ccccc3O2)Oc2ccccc21. The fourth-order valence-corrected chi connectivity index (χ4v) is 4.03. The van der Waals surface area contributed by atoms with Crippen molar-refractivity contribution in [2.24, 2.45) is 0 Å². The molecule has 0 spiro atoms. The van der Waals surface area contributed by atoms with Crippen molar-refractivity contribution in [3.05, 3.63) is 59.7 Å². The predicted molar refractivity (Wildman–Crippen MR) is 90.7 cm³/mol. The van der Waals surface area contributed by atoms with Crippen LogP contribution in [0.3, 0.4) is 0 Å². The molecule has 2 aromatic rings. The zero-order valence-corrected chi connectivity index (χ0v) is 15.0. The summed E-state index contributed by atoms with van der Waals surface area (Å²) in [6, 6.07) is 13.5. The average molecular weight is 394 g/mol. The van der Waals surface area contributed by atoms with E-state index in [1.54, 1.807) is 48.5 Å². The normalized spacial score (nSPS) is 20.8. The monoisotopic (exact) mass is 394 g/mol. The van der Waals surface area contributed by atoms with E-state index in [0.29, 0.717) is 22.6 Å². The third-order valence-corrected chi connectivity index (χ3v) is 5.46. The van der Waals surface area contributed by atoms with E-state index in [4.69, 9.17) is 27.1 Å². The highest BCUT2D eigenvalue weighted by atomic mass is 31.2. The molecule has 2 unspecified atom stereocenters. The van der Waals surface area contributed by atoms with Crippen LogP contribution >= 0.6 is 17.2 Å². The van der Waals surface area contributed by atoms with Crippen molar-refractivity contribution in [3.8, 4) is 11.5 Å². The van der Waals surface area contributed by atoms with E-state index in [9.17, 15) is 9.59 Å². The molecule has 26 heavy (non-hydrogen) atoms. The minimum atomic E-state index is -1.85. The van der Waals surface area contributed by atoms with E-state index < -0.39 is 29.1 Å². The second kappa shape index (κ2) is 7.56. The lowest BCUT2D eigenvalue weighted by molar-refractivity contribution is 0.0621. The highest BCUT2D eigenvalue weighted by Gasteiger charge is 2.32. The molecule has 2 aliphatic heterocycles. The third kappa shape index (κ3) is 3.64. The summed E-state index contributed by atoms with van der Waals surface area (Å²) in [5.41, 5.74) is 0.714. The first-order chi connectivity index (χ1) is 12.7. The number of fused-ring (bicyclic) bond motifs is 2. The standard InChI is InChI=1S/C16H12O8P2/c17-15-11-5-1-3-7-13(11)21-25(23-15)19-9-10-20-26-22-14-8-4-2-6-12(14)16(18)24-26/h1-8H,9-10H2. The minimum absolute atomic E-state index is 0.0720. The van der Waals surface area contributed by atoms with Crippen molar-refractivity contribution in [2.45, 2.75) is 0 Å². The molecule has 0 aromatic heterocycles. The Morgan fingerprint density at radius 2 is 1.08 bits per heavy atom. The summed E-state index contributed by atoms with van der Waals surface area (Å²) in [7, 11) is -3.70. The second-order valence-corrected chi connectivity index (χ2v) is 7.19. The molecule has 0 aliphatic carbocycles. The van der Waals surface area contributed by atoms with Gasteiger partial charge in [-0.05, 0) is 24.3 Å². The quantitative estimate of drug-likeness (QED) is 0.556. The van der Waals surface area contributed by atoms with Crippen LogP contribution in [-0.4, -0.2) is 25.2 Å². The Morgan fingerprint density at radius 3 is 1.54 bits per heavy atom. The summed E-state index contributed by atoms with van der Waals surface area (Å²) in [4.78, 5) is 23.7. The van der Waals surface area contributed by atoms with Gasteiger partial charge in [-0.1, -0.05) is 24.3 Å². The van der Waals surface area contributed by atoms with Crippen LogP contribution < -0.4 is 9.05 Å². The Hall–Kier alpha value is -2.24. The fourth-order valence-electron chi connectivity index (χ4n) is 2.19. The van der Waals surface area contributed by atoms with Gasteiger partial charge in [0.05, 0.1) is 13.2 Å². The number of hydrogen-bond donors (Lipinski definition) is 0. The predicted octanol–water partition coefficient (Wildman–Crippen LogP) is 3.97. The summed E-state index contributed by atoms with van der Waals surface area (Å²) >= 11 is 0. The molecule has 2 aromatic carbocycles. The van der Waals surface area contributed by atoms with Gasteiger partial charge in [0.1, 0.15) is 22.6 Å². The van der Waals surface area contributed by atoms with E-state index in [-0.39, 0.29) is 13.2 Å². The average Bonchev–Trinajstić information content (AvgIpc) is 2.65. The Morgan fingerprint density at radius 1 is 0.654 bits per heavy atom. The first-order valence-corrected chi connectivity index (χ1v) is 9.74. The van der Waals surface area contributed by atoms with E-state index in [1.165, 1.54) is 0 Å². The van der Waals surface area contributed by atoms with Gasteiger partial charge in [0.2, 0.25) is 0 Å². The smallest absolute Gasteiger partial charge is 0.417 e. The van der Waals surface area contributed by atoms with Gasteiger partial charge in [0, 0.05) is 0 Å². The van der Waals surface area contributed by atoms with Gasteiger partial charge in [0.25, 0.3) is 0 Å². The van der Waals surface area contributed by atoms with Crippen molar-refractivity contribution < 1.29 is 36.7 Å². The molecule has 10 heteroatoms. The van der Waals surface area contributed by atoms with Gasteiger partial charge < -0.3 is 18.1 Å². The lowest BCUT2D eigenvalue weighted by Gasteiger charge is -2.24. The topological polar surface area (TPSA) is 89.5 Å². The van der Waals surface area contributed by atoms with E-state index >= 15 is 0 Å². The number of benzene rings is 2. The second-order valence-electron chi connectivity index (χ2n) is 5.05. The molecular weight excluding hydrogens is 382 g/mol. The Balaban J connectivity index is 1.25. The van der Waals surface area contributed by atoms with Crippen LogP contribution in [0.4, 0.5) is 0 Å².